The van der Waals surface area contributed by atoms with Gasteiger partial charge in [0, 0.05) is 6.07 Å². The number of aliphatic hydroxyl groups is 1. The lowest BCUT2D eigenvalue weighted by Crippen LogP contribution is -2.30. The van der Waals surface area contributed by atoms with E-state index in [0.717, 1.165) is 12.1 Å². The first-order valence-electron chi connectivity index (χ1n) is 5.39. The van der Waals surface area contributed by atoms with Gasteiger partial charge in [0.15, 0.2) is 5.75 Å². The summed E-state index contributed by atoms with van der Waals surface area (Å²) in [6.45, 7) is 3.50. The molecule has 1 aromatic rings. The molecule has 1 rings (SSSR count). The van der Waals surface area contributed by atoms with E-state index in [0.29, 0.717) is 0 Å². The van der Waals surface area contributed by atoms with E-state index in [1.807, 2.05) is 0 Å². The molecule has 0 aromatic heterocycles. The van der Waals surface area contributed by atoms with Crippen LogP contribution in [0, 0.1) is 16.0 Å². The van der Waals surface area contributed by atoms with Crippen molar-refractivity contribution in [1.29, 1.82) is 0 Å². The fraction of sp³-hybridized carbons (Fsp3) is 0.455. The van der Waals surface area contributed by atoms with Crippen molar-refractivity contribution in [3.8, 4) is 11.5 Å². The molecule has 0 amide bonds. The third-order valence-electron chi connectivity index (χ3n) is 2.72. The molecule has 0 aliphatic carbocycles. The van der Waals surface area contributed by atoms with Crippen molar-refractivity contribution in [2.45, 2.75) is 26.0 Å². The zero-order valence-corrected chi connectivity index (χ0v) is 10.1. The standard InChI is InChI=1S/C11H16N2O5/c1-5(2)10(15)9(12)6-3-7(13(17)18)11(16)8(14)4-6/h3-5,9-10,14-16H,12H2,1-2H3/t9-,10+/m1/s1. The molecule has 0 fully saturated rings. The molecule has 0 saturated carbocycles. The summed E-state index contributed by atoms with van der Waals surface area (Å²) in [5, 5.41) is 39.2. The summed E-state index contributed by atoms with van der Waals surface area (Å²) < 4.78 is 0. The van der Waals surface area contributed by atoms with Gasteiger partial charge in [-0.25, -0.2) is 0 Å². The smallest absolute Gasteiger partial charge is 0.314 e. The average molecular weight is 256 g/mol. The molecule has 100 valence electrons. The van der Waals surface area contributed by atoms with Crippen molar-refractivity contribution in [3.05, 3.63) is 27.8 Å². The number of aromatic hydroxyl groups is 2. The van der Waals surface area contributed by atoms with Gasteiger partial charge in [0.05, 0.1) is 17.1 Å². The van der Waals surface area contributed by atoms with Crippen LogP contribution in [-0.4, -0.2) is 26.3 Å². The number of aliphatic hydroxyl groups excluding tert-OH is 1. The number of benzene rings is 1. The van der Waals surface area contributed by atoms with Gasteiger partial charge in [-0.05, 0) is 17.5 Å². The number of phenols is 2. The Balaban J connectivity index is 3.22. The normalized spacial score (nSPS) is 14.5. The first-order chi connectivity index (χ1) is 8.25. The maximum Gasteiger partial charge on any atom is 0.314 e. The summed E-state index contributed by atoms with van der Waals surface area (Å²) in [6.07, 6.45) is -0.909. The number of phenolic OH excluding ortho intramolecular Hbond substituents is 2. The summed E-state index contributed by atoms with van der Waals surface area (Å²) in [5.41, 5.74) is 5.31. The van der Waals surface area contributed by atoms with Crippen molar-refractivity contribution in [2.24, 2.45) is 11.7 Å². The molecule has 0 aliphatic rings. The van der Waals surface area contributed by atoms with E-state index in [2.05, 4.69) is 0 Å². The van der Waals surface area contributed by atoms with Crippen molar-refractivity contribution in [1.82, 2.24) is 0 Å². The summed E-state index contributed by atoms with van der Waals surface area (Å²) in [7, 11) is 0. The molecule has 0 aliphatic heterocycles. The van der Waals surface area contributed by atoms with Crippen LogP contribution in [0.5, 0.6) is 11.5 Å². The first kappa shape index (κ1) is 14.2. The molecule has 7 nitrogen and oxygen atoms in total. The quantitative estimate of drug-likeness (QED) is 0.361. The summed E-state index contributed by atoms with van der Waals surface area (Å²) >= 11 is 0. The minimum Gasteiger partial charge on any atom is -0.504 e. The van der Waals surface area contributed by atoms with Crippen LogP contribution in [0.1, 0.15) is 25.5 Å². The minimum absolute atomic E-state index is 0.144. The molecule has 18 heavy (non-hydrogen) atoms. The molecule has 0 saturated heterocycles. The molecule has 0 spiro atoms. The Bertz CT molecular complexity index is 461. The molecule has 0 heterocycles. The van der Waals surface area contributed by atoms with Gasteiger partial charge < -0.3 is 21.1 Å². The average Bonchev–Trinajstić information content (AvgIpc) is 2.29. The molecule has 2 atom stereocenters. The first-order valence-corrected chi connectivity index (χ1v) is 5.39. The molecular weight excluding hydrogens is 240 g/mol. The Kier molecular flexibility index (Phi) is 4.10. The Labute approximate surface area is 104 Å². The highest BCUT2D eigenvalue weighted by atomic mass is 16.6. The summed E-state index contributed by atoms with van der Waals surface area (Å²) in [4.78, 5) is 9.86. The van der Waals surface area contributed by atoms with E-state index in [-0.39, 0.29) is 11.5 Å². The van der Waals surface area contributed by atoms with E-state index in [9.17, 15) is 25.4 Å². The van der Waals surface area contributed by atoms with Crippen LogP contribution in [0.2, 0.25) is 0 Å². The van der Waals surface area contributed by atoms with E-state index in [1.165, 1.54) is 0 Å². The number of nitro benzene ring substituents is 1. The number of nitrogens with two attached hydrogens (primary N) is 1. The third-order valence-corrected chi connectivity index (χ3v) is 2.72. The van der Waals surface area contributed by atoms with Crippen LogP contribution in [0.3, 0.4) is 0 Å². The van der Waals surface area contributed by atoms with Crippen LogP contribution < -0.4 is 5.73 Å². The molecule has 5 N–H and O–H groups in total. The van der Waals surface area contributed by atoms with Gasteiger partial charge in [-0.3, -0.25) is 10.1 Å². The van der Waals surface area contributed by atoms with Gasteiger partial charge in [0.1, 0.15) is 0 Å². The Hall–Kier alpha value is -1.86. The lowest BCUT2D eigenvalue weighted by atomic mass is 9.94. The fourth-order valence-electron chi connectivity index (χ4n) is 1.57. The number of nitro groups is 1. The van der Waals surface area contributed by atoms with Gasteiger partial charge in [-0.15, -0.1) is 0 Å². The van der Waals surface area contributed by atoms with Crippen molar-refractivity contribution >= 4 is 5.69 Å². The second-order valence-corrected chi connectivity index (χ2v) is 4.43. The summed E-state index contributed by atoms with van der Waals surface area (Å²) in [5.74, 6) is -1.59. The molecule has 0 unspecified atom stereocenters. The van der Waals surface area contributed by atoms with Crippen LogP contribution in [0.15, 0.2) is 12.1 Å². The lowest BCUT2D eigenvalue weighted by molar-refractivity contribution is -0.386. The maximum absolute atomic E-state index is 10.7. The van der Waals surface area contributed by atoms with E-state index in [1.54, 1.807) is 13.8 Å². The Morgan fingerprint density at radius 1 is 1.33 bits per heavy atom. The SMILES string of the molecule is CC(C)[C@H](O)[C@H](N)c1cc(O)c(O)c([N+](=O)[O-])c1. The highest BCUT2D eigenvalue weighted by molar-refractivity contribution is 5.57. The van der Waals surface area contributed by atoms with Gasteiger partial charge in [0.2, 0.25) is 5.75 Å². The van der Waals surface area contributed by atoms with Crippen molar-refractivity contribution in [2.75, 3.05) is 0 Å². The van der Waals surface area contributed by atoms with Gasteiger partial charge in [-0.1, -0.05) is 13.8 Å². The maximum atomic E-state index is 10.7. The highest BCUT2D eigenvalue weighted by Crippen LogP contribution is 2.38. The highest BCUT2D eigenvalue weighted by Gasteiger charge is 2.25. The lowest BCUT2D eigenvalue weighted by Gasteiger charge is -2.22. The van der Waals surface area contributed by atoms with Gasteiger partial charge in [0.25, 0.3) is 0 Å². The second kappa shape index (κ2) is 5.19. The zero-order chi connectivity index (χ0) is 14.0. The molecule has 0 radical (unpaired) electrons. The van der Waals surface area contributed by atoms with Gasteiger partial charge in [-0.2, -0.15) is 0 Å². The van der Waals surface area contributed by atoms with Crippen LogP contribution in [0.4, 0.5) is 5.69 Å². The Morgan fingerprint density at radius 2 is 1.89 bits per heavy atom. The van der Waals surface area contributed by atoms with Gasteiger partial charge >= 0.3 is 5.69 Å². The van der Waals surface area contributed by atoms with Crippen LogP contribution >= 0.6 is 0 Å². The topological polar surface area (TPSA) is 130 Å². The zero-order valence-electron chi connectivity index (χ0n) is 10.1. The largest absolute Gasteiger partial charge is 0.504 e. The van der Waals surface area contributed by atoms with Crippen molar-refractivity contribution in [3.63, 3.8) is 0 Å². The predicted molar refractivity (Wildman–Crippen MR) is 64.2 cm³/mol. The fourth-order valence-corrected chi connectivity index (χ4v) is 1.57. The molecule has 0 bridgehead atoms. The number of rotatable bonds is 4. The van der Waals surface area contributed by atoms with Crippen LogP contribution in [-0.2, 0) is 0 Å². The molecule has 7 heteroatoms. The van der Waals surface area contributed by atoms with E-state index < -0.39 is 34.3 Å². The third kappa shape index (κ3) is 2.69. The molecule has 1 aromatic carbocycles. The van der Waals surface area contributed by atoms with E-state index >= 15 is 0 Å². The number of hydrogen-bond donors (Lipinski definition) is 4. The van der Waals surface area contributed by atoms with Crippen LogP contribution in [0.25, 0.3) is 0 Å². The summed E-state index contributed by atoms with van der Waals surface area (Å²) in [6, 6.07) is 1.28. The monoisotopic (exact) mass is 256 g/mol. The predicted octanol–water partition coefficient (Wildman–Crippen LogP) is 1.02. The number of hydrogen-bond acceptors (Lipinski definition) is 6. The minimum atomic E-state index is -0.909. The Morgan fingerprint density at radius 3 is 2.33 bits per heavy atom. The number of nitrogens with zero attached hydrogens (tertiary/aromatic N) is 1. The molecular formula is C11H16N2O5. The van der Waals surface area contributed by atoms with Crippen molar-refractivity contribution < 1.29 is 20.2 Å². The second-order valence-electron chi connectivity index (χ2n) is 4.43. The van der Waals surface area contributed by atoms with E-state index in [4.69, 9.17) is 5.73 Å².